The van der Waals surface area contributed by atoms with E-state index in [4.69, 9.17) is 35.4 Å². The highest BCUT2D eigenvalue weighted by Crippen LogP contribution is 2.34. The molecule has 1 aromatic heterocycles. The highest BCUT2D eigenvalue weighted by Gasteiger charge is 2.35. The summed E-state index contributed by atoms with van der Waals surface area (Å²) in [5.74, 6) is -1.06. The first-order valence-corrected chi connectivity index (χ1v) is 10.6. The molecule has 0 unspecified atom stereocenters. The van der Waals surface area contributed by atoms with E-state index in [1.54, 1.807) is 24.3 Å². The maximum Gasteiger partial charge on any atom is 0.270 e. The third-order valence-electron chi connectivity index (χ3n) is 5.32. The molecule has 4 rings (SSSR count). The smallest absolute Gasteiger partial charge is 0.270 e. The molecule has 1 aromatic carbocycles. The number of aromatic nitrogens is 1. The van der Waals surface area contributed by atoms with Crippen molar-refractivity contribution in [3.8, 4) is 0 Å². The van der Waals surface area contributed by atoms with E-state index in [0.717, 1.165) is 18.4 Å². The minimum Gasteiger partial charge on any atom is -0.351 e. The van der Waals surface area contributed by atoms with Crippen LogP contribution in [0.4, 0.5) is 5.69 Å². The van der Waals surface area contributed by atoms with Gasteiger partial charge in [0.2, 0.25) is 0 Å². The molecule has 1 saturated carbocycles. The molecular weight excluding hydrogens is 429 g/mol. The van der Waals surface area contributed by atoms with E-state index in [1.807, 2.05) is 18.5 Å². The van der Waals surface area contributed by atoms with Crippen LogP contribution in [0.5, 0.6) is 0 Å². The number of rotatable bonds is 3. The van der Waals surface area contributed by atoms with Crippen LogP contribution < -0.4 is 10.2 Å². The lowest BCUT2D eigenvalue weighted by molar-refractivity contribution is -0.122. The van der Waals surface area contributed by atoms with Gasteiger partial charge in [-0.2, -0.15) is 0 Å². The zero-order chi connectivity index (χ0) is 20.5. The van der Waals surface area contributed by atoms with Crippen LogP contribution in [-0.4, -0.2) is 21.5 Å². The first kappa shape index (κ1) is 20.1. The number of halogens is 2. The van der Waals surface area contributed by atoms with Gasteiger partial charge < -0.3 is 4.57 Å². The summed E-state index contributed by atoms with van der Waals surface area (Å²) in [7, 11) is 0. The number of nitrogens with zero attached hydrogens (tertiary/aromatic N) is 2. The first-order chi connectivity index (χ1) is 14.0. The van der Waals surface area contributed by atoms with Gasteiger partial charge in [0.05, 0.1) is 15.7 Å². The quantitative estimate of drug-likeness (QED) is 0.402. The van der Waals surface area contributed by atoms with Crippen molar-refractivity contribution in [3.63, 3.8) is 0 Å². The third kappa shape index (κ3) is 3.97. The number of carbonyl (C=O) groups is 2. The van der Waals surface area contributed by atoms with Gasteiger partial charge in [-0.3, -0.25) is 19.8 Å². The zero-order valence-corrected chi connectivity index (χ0v) is 17.9. The number of carbonyl (C=O) groups excluding carboxylic acids is 2. The van der Waals surface area contributed by atoms with Crippen molar-refractivity contribution in [1.82, 2.24) is 9.88 Å². The zero-order valence-electron chi connectivity index (χ0n) is 15.5. The average molecular weight is 448 g/mol. The summed E-state index contributed by atoms with van der Waals surface area (Å²) in [6.07, 6.45) is 11.6. The summed E-state index contributed by atoms with van der Waals surface area (Å²) >= 11 is 17.6. The molecular formula is C21H19Cl2N3O2S. The number of hydrogen-bond acceptors (Lipinski definition) is 3. The van der Waals surface area contributed by atoms with Gasteiger partial charge in [-0.1, -0.05) is 48.5 Å². The molecule has 1 aliphatic heterocycles. The lowest BCUT2D eigenvalue weighted by Crippen LogP contribution is -2.54. The molecule has 1 aliphatic carbocycles. The number of thiocarbonyl (C=S) groups is 1. The summed E-state index contributed by atoms with van der Waals surface area (Å²) in [5.41, 5.74) is 1.12. The Morgan fingerprint density at radius 3 is 2.62 bits per heavy atom. The summed E-state index contributed by atoms with van der Waals surface area (Å²) in [4.78, 5) is 26.8. The predicted octanol–water partition coefficient (Wildman–Crippen LogP) is 5.13. The fourth-order valence-electron chi connectivity index (χ4n) is 3.83. The molecule has 2 aromatic rings. The SMILES string of the molecule is O=C1NC(=S)N(c2cccc(Cl)c2Cl)C(=O)/C1=C\c1ccn(C2CCCCC2)c1. The monoisotopic (exact) mass is 447 g/mol. The molecule has 0 radical (unpaired) electrons. The van der Waals surface area contributed by atoms with Gasteiger partial charge in [0.1, 0.15) is 5.57 Å². The largest absolute Gasteiger partial charge is 0.351 e. The fourth-order valence-corrected chi connectivity index (χ4v) is 4.48. The molecule has 29 heavy (non-hydrogen) atoms. The van der Waals surface area contributed by atoms with Crippen molar-refractivity contribution < 1.29 is 9.59 Å². The second kappa shape index (κ2) is 8.30. The number of anilines is 1. The van der Waals surface area contributed by atoms with Gasteiger partial charge in [0.25, 0.3) is 11.8 Å². The van der Waals surface area contributed by atoms with Crippen molar-refractivity contribution in [2.45, 2.75) is 38.1 Å². The molecule has 0 bridgehead atoms. The van der Waals surface area contributed by atoms with Gasteiger partial charge in [0, 0.05) is 18.4 Å². The Labute approximate surface area is 184 Å². The van der Waals surface area contributed by atoms with Crippen LogP contribution in [0.3, 0.4) is 0 Å². The molecule has 2 aliphatic rings. The van der Waals surface area contributed by atoms with Crippen LogP contribution in [-0.2, 0) is 9.59 Å². The summed E-state index contributed by atoms with van der Waals surface area (Å²) in [6.45, 7) is 0. The molecule has 0 atom stereocenters. The Morgan fingerprint density at radius 1 is 1.10 bits per heavy atom. The van der Waals surface area contributed by atoms with Gasteiger partial charge in [-0.05, 0) is 54.9 Å². The van der Waals surface area contributed by atoms with Gasteiger partial charge in [-0.15, -0.1) is 0 Å². The van der Waals surface area contributed by atoms with E-state index in [0.29, 0.717) is 16.8 Å². The minimum absolute atomic E-state index is 0.00367. The van der Waals surface area contributed by atoms with E-state index >= 15 is 0 Å². The topological polar surface area (TPSA) is 54.3 Å². The Kier molecular flexibility index (Phi) is 5.76. The van der Waals surface area contributed by atoms with Gasteiger partial charge in [-0.25, -0.2) is 0 Å². The number of amides is 2. The van der Waals surface area contributed by atoms with Crippen LogP contribution >= 0.6 is 35.4 Å². The lowest BCUT2D eigenvalue weighted by atomic mass is 9.95. The molecule has 2 fully saturated rings. The van der Waals surface area contributed by atoms with Crippen molar-refractivity contribution in [3.05, 3.63) is 57.8 Å². The molecule has 8 heteroatoms. The van der Waals surface area contributed by atoms with Crippen LogP contribution in [0.25, 0.3) is 6.08 Å². The van der Waals surface area contributed by atoms with Crippen molar-refractivity contribution >= 4 is 64.1 Å². The predicted molar refractivity (Wildman–Crippen MR) is 119 cm³/mol. The number of nitrogens with one attached hydrogen (secondary N) is 1. The Morgan fingerprint density at radius 2 is 1.86 bits per heavy atom. The molecule has 0 spiro atoms. The number of hydrogen-bond donors (Lipinski definition) is 1. The highest BCUT2D eigenvalue weighted by atomic mass is 35.5. The number of benzene rings is 1. The van der Waals surface area contributed by atoms with E-state index in [9.17, 15) is 9.59 Å². The van der Waals surface area contributed by atoms with E-state index in [2.05, 4.69) is 9.88 Å². The normalized spacial score (nSPS) is 19.7. The maximum absolute atomic E-state index is 13.1. The fraction of sp³-hybridized carbons (Fsp3) is 0.286. The van der Waals surface area contributed by atoms with Crippen LogP contribution in [0, 0.1) is 0 Å². The van der Waals surface area contributed by atoms with Crippen molar-refractivity contribution in [2.75, 3.05) is 4.90 Å². The average Bonchev–Trinajstić information content (AvgIpc) is 3.18. The van der Waals surface area contributed by atoms with Crippen LogP contribution in [0.15, 0.2) is 42.2 Å². The first-order valence-electron chi connectivity index (χ1n) is 9.48. The lowest BCUT2D eigenvalue weighted by Gasteiger charge is -2.29. The standard InChI is InChI=1S/C21H19Cl2N3O2S/c22-16-7-4-8-17(18(16)23)26-20(28)15(19(27)24-21(26)29)11-13-9-10-25(12-13)14-5-2-1-3-6-14/h4,7-12,14H,1-3,5-6H2,(H,24,27,29)/b15-11-. The second-order valence-corrected chi connectivity index (χ2v) is 8.39. The molecule has 150 valence electrons. The maximum atomic E-state index is 13.1. The second-order valence-electron chi connectivity index (χ2n) is 7.21. The molecule has 1 N–H and O–H groups in total. The Balaban J connectivity index is 1.65. The Bertz CT molecular complexity index is 1020. The highest BCUT2D eigenvalue weighted by molar-refractivity contribution is 7.80. The minimum atomic E-state index is -0.534. The van der Waals surface area contributed by atoms with E-state index in [1.165, 1.54) is 24.2 Å². The van der Waals surface area contributed by atoms with Crippen molar-refractivity contribution in [2.24, 2.45) is 0 Å². The molecule has 2 heterocycles. The van der Waals surface area contributed by atoms with Crippen LogP contribution in [0.1, 0.15) is 43.7 Å². The van der Waals surface area contributed by atoms with E-state index < -0.39 is 11.8 Å². The molecule has 5 nitrogen and oxygen atoms in total. The van der Waals surface area contributed by atoms with Gasteiger partial charge >= 0.3 is 0 Å². The van der Waals surface area contributed by atoms with Crippen molar-refractivity contribution in [1.29, 1.82) is 0 Å². The Hall–Kier alpha value is -2.15. The summed E-state index contributed by atoms with van der Waals surface area (Å²) in [6, 6.07) is 7.30. The summed E-state index contributed by atoms with van der Waals surface area (Å²) < 4.78 is 2.17. The summed E-state index contributed by atoms with van der Waals surface area (Å²) in [5, 5.41) is 3.04. The van der Waals surface area contributed by atoms with E-state index in [-0.39, 0.29) is 15.7 Å². The van der Waals surface area contributed by atoms with Gasteiger partial charge in [0.15, 0.2) is 5.11 Å². The molecule has 2 amide bonds. The third-order valence-corrected chi connectivity index (χ3v) is 6.41. The molecule has 1 saturated heterocycles. The van der Waals surface area contributed by atoms with Crippen LogP contribution in [0.2, 0.25) is 10.0 Å².